The lowest BCUT2D eigenvalue weighted by atomic mass is 9.84. The van der Waals surface area contributed by atoms with Gasteiger partial charge in [-0.3, -0.25) is 4.79 Å². The molecule has 1 fully saturated rings. The van der Waals surface area contributed by atoms with E-state index in [1.54, 1.807) is 6.07 Å². The van der Waals surface area contributed by atoms with Crippen LogP contribution >= 0.6 is 0 Å². The molecule has 1 aliphatic rings. The normalized spacial score (nSPS) is 14.1. The molecular formula is C30H27NO3. The van der Waals surface area contributed by atoms with Gasteiger partial charge in [-0.15, -0.1) is 0 Å². The third-order valence-corrected chi connectivity index (χ3v) is 6.65. The first-order valence-corrected chi connectivity index (χ1v) is 11.9. The molecule has 0 unspecified atom stereocenters. The van der Waals surface area contributed by atoms with Crippen molar-refractivity contribution in [2.45, 2.75) is 38.0 Å². The van der Waals surface area contributed by atoms with Crippen molar-refractivity contribution in [1.29, 1.82) is 0 Å². The van der Waals surface area contributed by atoms with E-state index in [4.69, 9.17) is 9.72 Å². The van der Waals surface area contributed by atoms with Gasteiger partial charge in [0.1, 0.15) is 0 Å². The van der Waals surface area contributed by atoms with E-state index in [0.29, 0.717) is 33.6 Å². The van der Waals surface area contributed by atoms with E-state index >= 15 is 0 Å². The molecule has 0 aliphatic heterocycles. The molecule has 0 amide bonds. The predicted octanol–water partition coefficient (Wildman–Crippen LogP) is 6.99. The number of hydrogen-bond donors (Lipinski definition) is 0. The Morgan fingerprint density at radius 1 is 0.824 bits per heavy atom. The molecule has 3 aromatic carbocycles. The van der Waals surface area contributed by atoms with Crippen LogP contribution in [0.1, 0.15) is 64.3 Å². The summed E-state index contributed by atoms with van der Waals surface area (Å²) in [7, 11) is 0. The third kappa shape index (κ3) is 4.76. The highest BCUT2D eigenvalue weighted by molar-refractivity contribution is 6.06. The van der Waals surface area contributed by atoms with Crippen LogP contribution in [0, 0.1) is 0 Å². The number of Topliss-reactive ketones (excluding diaryl/α,β-unsaturated/α-hetero) is 1. The molecule has 4 nitrogen and oxygen atoms in total. The van der Waals surface area contributed by atoms with Crippen molar-refractivity contribution >= 4 is 22.7 Å². The van der Waals surface area contributed by atoms with Crippen LogP contribution in [0.3, 0.4) is 0 Å². The molecule has 0 bridgehead atoms. The molecule has 34 heavy (non-hydrogen) atoms. The first kappa shape index (κ1) is 22.0. The van der Waals surface area contributed by atoms with Crippen molar-refractivity contribution in [3.8, 4) is 11.3 Å². The Kier molecular flexibility index (Phi) is 6.48. The van der Waals surface area contributed by atoms with Gasteiger partial charge in [0.2, 0.25) is 0 Å². The summed E-state index contributed by atoms with van der Waals surface area (Å²) in [5.74, 6) is -0.136. The summed E-state index contributed by atoms with van der Waals surface area (Å²) < 4.78 is 5.47. The van der Waals surface area contributed by atoms with Crippen LogP contribution in [0.4, 0.5) is 0 Å². The van der Waals surface area contributed by atoms with Crippen molar-refractivity contribution in [3.05, 3.63) is 102 Å². The van der Waals surface area contributed by atoms with Crippen molar-refractivity contribution in [2.24, 2.45) is 0 Å². The molecule has 0 saturated heterocycles. The number of carbonyl (C=O) groups is 2. The number of benzene rings is 3. The highest BCUT2D eigenvalue weighted by atomic mass is 16.5. The Bertz CT molecular complexity index is 1310. The van der Waals surface area contributed by atoms with Gasteiger partial charge in [-0.05, 0) is 36.5 Å². The monoisotopic (exact) mass is 449 g/mol. The zero-order valence-electron chi connectivity index (χ0n) is 19.1. The van der Waals surface area contributed by atoms with Gasteiger partial charge in [0, 0.05) is 16.5 Å². The van der Waals surface area contributed by atoms with Gasteiger partial charge in [-0.25, -0.2) is 9.78 Å². The van der Waals surface area contributed by atoms with Crippen molar-refractivity contribution in [2.75, 3.05) is 6.61 Å². The maximum atomic E-state index is 13.0. The number of fused-ring (bicyclic) bond motifs is 1. The number of nitrogens with zero attached hydrogens (tertiary/aromatic N) is 1. The largest absolute Gasteiger partial charge is 0.454 e. The van der Waals surface area contributed by atoms with Gasteiger partial charge in [0.25, 0.3) is 0 Å². The smallest absolute Gasteiger partial charge is 0.339 e. The average molecular weight is 450 g/mol. The molecule has 170 valence electrons. The molecule has 0 spiro atoms. The minimum Gasteiger partial charge on any atom is -0.454 e. The highest BCUT2D eigenvalue weighted by Crippen LogP contribution is 2.32. The summed E-state index contributed by atoms with van der Waals surface area (Å²) in [5.41, 5.74) is 4.58. The van der Waals surface area contributed by atoms with Crippen LogP contribution in [0.2, 0.25) is 0 Å². The second-order valence-electron chi connectivity index (χ2n) is 8.89. The first-order valence-electron chi connectivity index (χ1n) is 11.9. The molecule has 1 heterocycles. The van der Waals surface area contributed by atoms with Crippen molar-refractivity contribution in [3.63, 3.8) is 0 Å². The van der Waals surface area contributed by atoms with Gasteiger partial charge in [0.05, 0.1) is 16.8 Å². The summed E-state index contributed by atoms with van der Waals surface area (Å²) in [6.07, 6.45) is 6.30. The van der Waals surface area contributed by atoms with Crippen LogP contribution in [0.5, 0.6) is 0 Å². The zero-order chi connectivity index (χ0) is 23.3. The van der Waals surface area contributed by atoms with Gasteiger partial charge in [-0.1, -0.05) is 92.1 Å². The lowest BCUT2D eigenvalue weighted by Crippen LogP contribution is -2.15. The SMILES string of the molecule is O=C(COC(=O)c1cc(-c2ccccc2)nc2ccccc12)c1ccc(C2CCCCC2)cc1. The number of ether oxygens (including phenoxy) is 1. The molecule has 0 atom stereocenters. The summed E-state index contributed by atoms with van der Waals surface area (Å²) in [6, 6.07) is 26.7. The Morgan fingerprint density at radius 2 is 1.53 bits per heavy atom. The fraction of sp³-hybridized carbons (Fsp3) is 0.233. The number of rotatable bonds is 6. The first-order chi connectivity index (χ1) is 16.7. The number of hydrogen-bond acceptors (Lipinski definition) is 4. The Labute approximate surface area is 199 Å². The van der Waals surface area contributed by atoms with Gasteiger partial charge in [0.15, 0.2) is 12.4 Å². The molecule has 1 aromatic heterocycles. The van der Waals surface area contributed by atoms with Crippen LogP contribution < -0.4 is 0 Å². The predicted molar refractivity (Wildman–Crippen MR) is 134 cm³/mol. The van der Waals surface area contributed by atoms with Crippen LogP contribution in [0.15, 0.2) is 84.9 Å². The van der Waals surface area contributed by atoms with Gasteiger partial charge in [-0.2, -0.15) is 0 Å². The van der Waals surface area contributed by atoms with E-state index in [2.05, 4.69) is 0 Å². The van der Waals surface area contributed by atoms with Crippen molar-refractivity contribution in [1.82, 2.24) is 4.98 Å². The van der Waals surface area contributed by atoms with E-state index in [-0.39, 0.29) is 12.4 Å². The Hall–Kier alpha value is -3.79. The van der Waals surface area contributed by atoms with E-state index in [1.165, 1.54) is 37.7 Å². The molecule has 1 aliphatic carbocycles. The molecule has 0 radical (unpaired) electrons. The summed E-state index contributed by atoms with van der Waals surface area (Å²) in [5, 5.41) is 0.705. The number of aromatic nitrogens is 1. The number of pyridine rings is 1. The topological polar surface area (TPSA) is 56.3 Å². The second-order valence-corrected chi connectivity index (χ2v) is 8.89. The number of ketones is 1. The van der Waals surface area contributed by atoms with E-state index in [1.807, 2.05) is 78.9 Å². The maximum Gasteiger partial charge on any atom is 0.339 e. The lowest BCUT2D eigenvalue weighted by Gasteiger charge is -2.22. The van der Waals surface area contributed by atoms with Gasteiger partial charge < -0.3 is 4.74 Å². The van der Waals surface area contributed by atoms with Crippen LogP contribution in [-0.2, 0) is 4.74 Å². The zero-order valence-corrected chi connectivity index (χ0v) is 19.1. The summed E-state index contributed by atoms with van der Waals surface area (Å²) >= 11 is 0. The molecule has 4 heteroatoms. The van der Waals surface area contributed by atoms with E-state index < -0.39 is 5.97 Å². The third-order valence-electron chi connectivity index (χ3n) is 6.65. The van der Waals surface area contributed by atoms with Crippen LogP contribution in [-0.4, -0.2) is 23.3 Å². The van der Waals surface area contributed by atoms with E-state index in [9.17, 15) is 9.59 Å². The van der Waals surface area contributed by atoms with Crippen molar-refractivity contribution < 1.29 is 14.3 Å². The molecule has 1 saturated carbocycles. The van der Waals surface area contributed by atoms with Gasteiger partial charge >= 0.3 is 5.97 Å². The Balaban J connectivity index is 1.32. The number of esters is 1. The second kappa shape index (κ2) is 10.0. The minimum absolute atomic E-state index is 0.204. The number of para-hydroxylation sites is 1. The summed E-state index contributed by atoms with van der Waals surface area (Å²) in [6.45, 7) is -0.293. The quantitative estimate of drug-likeness (QED) is 0.235. The molecular weight excluding hydrogens is 422 g/mol. The number of carbonyl (C=O) groups excluding carboxylic acids is 2. The molecule has 0 N–H and O–H groups in total. The Morgan fingerprint density at radius 3 is 2.29 bits per heavy atom. The minimum atomic E-state index is -0.525. The molecule has 5 rings (SSSR count). The lowest BCUT2D eigenvalue weighted by molar-refractivity contribution is 0.0476. The molecule has 4 aromatic rings. The van der Waals surface area contributed by atoms with E-state index in [0.717, 1.165) is 5.56 Å². The highest BCUT2D eigenvalue weighted by Gasteiger charge is 2.18. The summed E-state index contributed by atoms with van der Waals surface area (Å²) in [4.78, 5) is 30.5. The standard InChI is InChI=1S/C30H27NO3/c32-29(24-17-15-22(16-18-24)21-9-3-1-4-10-21)20-34-30(33)26-19-28(23-11-5-2-6-12-23)31-27-14-8-7-13-25(26)27/h2,5-8,11-19,21H,1,3-4,9-10,20H2. The fourth-order valence-electron chi connectivity index (χ4n) is 4.77. The maximum absolute atomic E-state index is 13.0. The van der Waals surface area contributed by atoms with Crippen LogP contribution in [0.25, 0.3) is 22.2 Å². The fourth-order valence-corrected chi connectivity index (χ4v) is 4.77. The average Bonchev–Trinajstić information content (AvgIpc) is 2.92.